The third-order valence-electron chi connectivity index (χ3n) is 2.88. The number of hydrogen-bond acceptors (Lipinski definition) is 4. The molecule has 0 heterocycles. The van der Waals surface area contributed by atoms with E-state index in [4.69, 9.17) is 20.3 Å². The van der Waals surface area contributed by atoms with Gasteiger partial charge in [0.15, 0.2) is 17.6 Å². The average molecular weight is 281 g/mol. The topological polar surface area (TPSA) is 81.8 Å². The summed E-state index contributed by atoms with van der Waals surface area (Å²) in [5, 5.41) is 9.16. The highest BCUT2D eigenvalue weighted by molar-refractivity contribution is 5.72. The normalized spacial score (nSPS) is 13.6. The van der Waals surface area contributed by atoms with Crippen LogP contribution in [0, 0.1) is 0 Å². The van der Waals surface area contributed by atoms with Gasteiger partial charge in [-0.25, -0.2) is 4.79 Å². The quantitative estimate of drug-likeness (QED) is 0.763. The van der Waals surface area contributed by atoms with E-state index < -0.39 is 12.1 Å². The largest absolute Gasteiger partial charge is 0.493 e. The Kier molecular flexibility index (Phi) is 6.31. The molecule has 0 bridgehead atoms. The predicted molar refractivity (Wildman–Crippen MR) is 77.3 cm³/mol. The minimum absolute atomic E-state index is 0.0298. The van der Waals surface area contributed by atoms with Crippen molar-refractivity contribution in [3.63, 3.8) is 0 Å². The van der Waals surface area contributed by atoms with Crippen molar-refractivity contribution < 1.29 is 19.4 Å². The Morgan fingerprint density at radius 3 is 2.60 bits per heavy atom. The van der Waals surface area contributed by atoms with Gasteiger partial charge in [-0.15, -0.1) is 0 Å². The number of aliphatic carboxylic acids is 1. The van der Waals surface area contributed by atoms with Crippen LogP contribution in [0.15, 0.2) is 18.2 Å². The number of carboxylic acids is 1. The van der Waals surface area contributed by atoms with Crippen molar-refractivity contribution >= 4 is 5.97 Å². The second-order valence-electron chi connectivity index (χ2n) is 4.90. The molecule has 3 N–H and O–H groups in total. The Labute approximate surface area is 119 Å². The summed E-state index contributed by atoms with van der Waals surface area (Å²) in [6.45, 7) is 3.84. The zero-order valence-electron chi connectivity index (χ0n) is 12.3. The van der Waals surface area contributed by atoms with Crippen LogP contribution in [-0.2, 0) is 11.2 Å². The van der Waals surface area contributed by atoms with Gasteiger partial charge in [0.2, 0.25) is 0 Å². The van der Waals surface area contributed by atoms with E-state index in [1.807, 2.05) is 19.9 Å². The third kappa shape index (κ3) is 4.74. The molecular weight excluding hydrogens is 258 g/mol. The molecule has 2 atom stereocenters. The average Bonchev–Trinajstić information content (AvgIpc) is 2.37. The molecule has 0 fully saturated rings. The fourth-order valence-corrected chi connectivity index (χ4v) is 1.96. The van der Waals surface area contributed by atoms with Crippen LogP contribution in [0.25, 0.3) is 0 Å². The number of benzene rings is 1. The minimum atomic E-state index is -0.966. The molecule has 0 spiro atoms. The van der Waals surface area contributed by atoms with Gasteiger partial charge in [-0.1, -0.05) is 19.4 Å². The smallest absolute Gasteiger partial charge is 0.344 e. The molecule has 5 nitrogen and oxygen atoms in total. The van der Waals surface area contributed by atoms with Gasteiger partial charge in [0.25, 0.3) is 0 Å². The van der Waals surface area contributed by atoms with E-state index in [-0.39, 0.29) is 6.04 Å². The van der Waals surface area contributed by atoms with Gasteiger partial charge >= 0.3 is 5.97 Å². The molecule has 1 aromatic rings. The second-order valence-corrected chi connectivity index (χ2v) is 4.90. The van der Waals surface area contributed by atoms with Gasteiger partial charge in [-0.05, 0) is 37.5 Å². The van der Waals surface area contributed by atoms with Gasteiger partial charge < -0.3 is 20.3 Å². The lowest BCUT2D eigenvalue weighted by Crippen LogP contribution is -2.27. The van der Waals surface area contributed by atoms with E-state index in [0.717, 1.165) is 12.0 Å². The zero-order chi connectivity index (χ0) is 15.1. The first-order valence-corrected chi connectivity index (χ1v) is 6.79. The number of carboxylic acid groups (broad SMARTS) is 1. The minimum Gasteiger partial charge on any atom is -0.493 e. The molecule has 5 heteroatoms. The molecule has 0 radical (unpaired) electrons. The van der Waals surface area contributed by atoms with Crippen molar-refractivity contribution in [2.24, 2.45) is 5.73 Å². The summed E-state index contributed by atoms with van der Waals surface area (Å²) in [5.41, 5.74) is 6.77. The molecule has 2 unspecified atom stereocenters. The lowest BCUT2D eigenvalue weighted by atomic mass is 10.1. The highest BCUT2D eigenvalue weighted by Gasteiger charge is 2.20. The highest BCUT2D eigenvalue weighted by Crippen LogP contribution is 2.30. The van der Waals surface area contributed by atoms with Crippen LogP contribution >= 0.6 is 0 Å². The Morgan fingerprint density at radius 2 is 2.10 bits per heavy atom. The summed E-state index contributed by atoms with van der Waals surface area (Å²) in [6.07, 6.45) is 1.03. The van der Waals surface area contributed by atoms with E-state index in [9.17, 15) is 4.79 Å². The number of nitrogens with two attached hydrogens (primary N) is 1. The Morgan fingerprint density at radius 1 is 1.40 bits per heavy atom. The lowest BCUT2D eigenvalue weighted by Gasteiger charge is -2.18. The zero-order valence-corrected chi connectivity index (χ0v) is 12.3. The molecule has 0 amide bonds. The Bertz CT molecular complexity index is 445. The van der Waals surface area contributed by atoms with E-state index >= 15 is 0 Å². The second kappa shape index (κ2) is 7.75. The summed E-state index contributed by atoms with van der Waals surface area (Å²) >= 11 is 0. The van der Waals surface area contributed by atoms with E-state index in [0.29, 0.717) is 24.3 Å². The molecular formula is C15H23NO4. The maximum atomic E-state index is 11.2. The molecule has 20 heavy (non-hydrogen) atoms. The lowest BCUT2D eigenvalue weighted by molar-refractivity contribution is -0.145. The molecule has 0 aliphatic carbocycles. The molecule has 0 aromatic heterocycles. The number of methoxy groups -OCH3 is 1. The van der Waals surface area contributed by atoms with Crippen LogP contribution in [0.3, 0.4) is 0 Å². The van der Waals surface area contributed by atoms with Crippen LogP contribution in [0.2, 0.25) is 0 Å². The molecule has 1 aromatic carbocycles. The van der Waals surface area contributed by atoms with Crippen LogP contribution in [0.4, 0.5) is 0 Å². The van der Waals surface area contributed by atoms with Gasteiger partial charge in [0.05, 0.1) is 7.11 Å². The maximum absolute atomic E-state index is 11.2. The van der Waals surface area contributed by atoms with E-state index in [2.05, 4.69) is 0 Å². The number of hydrogen-bond donors (Lipinski definition) is 2. The molecule has 0 aliphatic heterocycles. The summed E-state index contributed by atoms with van der Waals surface area (Å²) in [7, 11) is 1.53. The summed E-state index contributed by atoms with van der Waals surface area (Å²) in [6, 6.07) is 5.51. The van der Waals surface area contributed by atoms with Crippen LogP contribution in [0.5, 0.6) is 11.5 Å². The van der Waals surface area contributed by atoms with Crippen molar-refractivity contribution in [1.29, 1.82) is 0 Å². The summed E-state index contributed by atoms with van der Waals surface area (Å²) in [5.74, 6) is 0.0128. The molecule has 0 saturated carbocycles. The first-order chi connectivity index (χ1) is 9.47. The molecule has 112 valence electrons. The van der Waals surface area contributed by atoms with Gasteiger partial charge in [0, 0.05) is 6.04 Å². The fourth-order valence-electron chi connectivity index (χ4n) is 1.96. The highest BCUT2D eigenvalue weighted by atomic mass is 16.5. The summed E-state index contributed by atoms with van der Waals surface area (Å²) < 4.78 is 10.8. The fraction of sp³-hybridized carbons (Fsp3) is 0.533. The summed E-state index contributed by atoms with van der Waals surface area (Å²) in [4.78, 5) is 11.2. The van der Waals surface area contributed by atoms with Crippen LogP contribution in [-0.4, -0.2) is 30.3 Å². The van der Waals surface area contributed by atoms with Crippen molar-refractivity contribution in [2.75, 3.05) is 7.11 Å². The molecule has 1 rings (SSSR count). The van der Waals surface area contributed by atoms with Crippen molar-refractivity contribution in [3.8, 4) is 11.5 Å². The number of ether oxygens (including phenoxy) is 2. The predicted octanol–water partition coefficient (Wildman–Crippen LogP) is 2.22. The van der Waals surface area contributed by atoms with Gasteiger partial charge in [0.1, 0.15) is 0 Å². The van der Waals surface area contributed by atoms with Crippen LogP contribution < -0.4 is 15.2 Å². The first kappa shape index (κ1) is 16.3. The van der Waals surface area contributed by atoms with Crippen molar-refractivity contribution in [2.45, 2.75) is 45.3 Å². The van der Waals surface area contributed by atoms with Crippen molar-refractivity contribution in [3.05, 3.63) is 23.8 Å². The van der Waals surface area contributed by atoms with Crippen LogP contribution in [0.1, 0.15) is 32.3 Å². The monoisotopic (exact) mass is 281 g/mol. The molecule has 0 aliphatic rings. The maximum Gasteiger partial charge on any atom is 0.344 e. The van der Waals surface area contributed by atoms with E-state index in [1.54, 1.807) is 12.1 Å². The Balaban J connectivity index is 2.97. The molecule has 0 saturated heterocycles. The van der Waals surface area contributed by atoms with Gasteiger partial charge in [-0.2, -0.15) is 0 Å². The van der Waals surface area contributed by atoms with Crippen molar-refractivity contribution in [1.82, 2.24) is 0 Å². The Hall–Kier alpha value is -1.75. The number of rotatable bonds is 8. The SMILES string of the molecule is CCCC(Oc1cc(CC(C)N)ccc1OC)C(=O)O. The first-order valence-electron chi connectivity index (χ1n) is 6.79. The van der Waals surface area contributed by atoms with E-state index in [1.165, 1.54) is 7.11 Å². The third-order valence-corrected chi connectivity index (χ3v) is 2.88. The standard InChI is InChI=1S/C15H23NO4/c1-4-5-13(15(17)18)20-14-9-11(8-10(2)16)6-7-12(14)19-3/h6-7,9-10,13H,4-5,8,16H2,1-3H3,(H,17,18). The van der Waals surface area contributed by atoms with Gasteiger partial charge in [-0.3, -0.25) is 0 Å². The number of carbonyl (C=O) groups is 1.